The van der Waals surface area contributed by atoms with Crippen molar-refractivity contribution in [1.82, 2.24) is 0 Å². The summed E-state index contributed by atoms with van der Waals surface area (Å²) in [6.07, 6.45) is 2.45. The Bertz CT molecular complexity index is 1280. The molecule has 0 radical (unpaired) electrons. The maximum absolute atomic E-state index is 11.1. The smallest absolute Gasteiger partial charge is 0.212 e. The van der Waals surface area contributed by atoms with E-state index in [1.165, 1.54) is 16.5 Å². The van der Waals surface area contributed by atoms with E-state index in [9.17, 15) is 13.0 Å². The molecule has 0 unspecified atom stereocenters. The summed E-state index contributed by atoms with van der Waals surface area (Å²) in [5.74, 6) is -0.354. The summed E-state index contributed by atoms with van der Waals surface area (Å²) >= 11 is 1.68. The van der Waals surface area contributed by atoms with Crippen molar-refractivity contribution in [2.24, 2.45) is 0 Å². The van der Waals surface area contributed by atoms with Crippen molar-refractivity contribution in [3.05, 3.63) is 70.4 Å². The number of aryl methyl sites for hydroxylation is 3. The van der Waals surface area contributed by atoms with Gasteiger partial charge in [0.15, 0.2) is 0 Å². The van der Waals surface area contributed by atoms with Crippen LogP contribution in [-0.4, -0.2) is 25.3 Å². The number of nitrogens with zero attached hydrogens (tertiary/aromatic N) is 2. The highest BCUT2D eigenvalue weighted by Crippen LogP contribution is 2.47. The highest BCUT2D eigenvalue weighted by molar-refractivity contribution is 8.03. The topological polar surface area (TPSA) is 64.3 Å². The van der Waals surface area contributed by atoms with Gasteiger partial charge in [0.1, 0.15) is 6.54 Å². The fourth-order valence-corrected chi connectivity index (χ4v) is 5.61. The lowest BCUT2D eigenvalue weighted by molar-refractivity contribution is -0.669. The molecule has 3 aromatic rings. The van der Waals surface area contributed by atoms with Crippen LogP contribution in [0.25, 0.3) is 17.0 Å². The molecule has 0 N–H and O–H groups in total. The first-order valence-corrected chi connectivity index (χ1v) is 12.8. The van der Waals surface area contributed by atoms with Crippen LogP contribution in [0.2, 0.25) is 0 Å². The summed E-state index contributed by atoms with van der Waals surface area (Å²) < 4.78 is 35.6. The molecule has 0 amide bonds. The number of anilines is 1. The molecule has 0 spiro atoms. The standard InChI is InChI=1S/C24H26N2O3S2/c1-4-25-20(9-8-19-14-17(2)6-10-21(19)25)16-24-26(12-5-13-31(27,28)29)22-15-18(3)7-11-23(22)30-24/h6-11,14-16H,4-5,12-13H2,1-3H3. The van der Waals surface area contributed by atoms with Crippen molar-refractivity contribution in [1.29, 1.82) is 0 Å². The zero-order chi connectivity index (χ0) is 22.2. The molecule has 31 heavy (non-hydrogen) atoms. The van der Waals surface area contributed by atoms with E-state index in [2.05, 4.69) is 77.9 Å². The predicted molar refractivity (Wildman–Crippen MR) is 126 cm³/mol. The quantitative estimate of drug-likeness (QED) is 0.402. The van der Waals surface area contributed by atoms with Crippen molar-refractivity contribution in [2.45, 2.75) is 38.6 Å². The predicted octanol–water partition coefficient (Wildman–Crippen LogP) is 4.61. The molecule has 0 fully saturated rings. The summed E-state index contributed by atoms with van der Waals surface area (Å²) in [7, 11) is -4.22. The Kier molecular flexibility index (Phi) is 6.10. The fraction of sp³-hybridized carbons (Fsp3) is 0.292. The van der Waals surface area contributed by atoms with Gasteiger partial charge in [-0.3, -0.25) is 0 Å². The average Bonchev–Trinajstić information content (AvgIpc) is 3.03. The molecular formula is C24H26N2O3S2. The summed E-state index contributed by atoms with van der Waals surface area (Å²) in [6.45, 7) is 7.60. The number of fused-ring (bicyclic) bond motifs is 2. The molecule has 0 saturated heterocycles. The zero-order valence-corrected chi connectivity index (χ0v) is 19.6. The van der Waals surface area contributed by atoms with E-state index in [1.807, 2.05) is 6.92 Å². The van der Waals surface area contributed by atoms with E-state index in [0.717, 1.165) is 33.4 Å². The third-order valence-electron chi connectivity index (χ3n) is 5.47. The monoisotopic (exact) mass is 454 g/mol. The summed E-state index contributed by atoms with van der Waals surface area (Å²) in [4.78, 5) is 3.28. The second kappa shape index (κ2) is 8.65. The third-order valence-corrected chi connectivity index (χ3v) is 7.37. The van der Waals surface area contributed by atoms with Crippen LogP contribution in [-0.2, 0) is 16.7 Å². The van der Waals surface area contributed by atoms with Gasteiger partial charge in [-0.05, 0) is 57.0 Å². The minimum atomic E-state index is -4.22. The molecule has 0 atom stereocenters. The largest absolute Gasteiger partial charge is 0.748 e. The number of pyridine rings is 1. The Balaban J connectivity index is 1.75. The van der Waals surface area contributed by atoms with Gasteiger partial charge in [0.25, 0.3) is 0 Å². The zero-order valence-electron chi connectivity index (χ0n) is 18.0. The SMILES string of the molecule is CC[n+]1c(/C=C2/Sc3ccc(C)cc3N2CCCS(=O)(=O)[O-])ccc2cc(C)ccc21. The molecule has 162 valence electrons. The first-order valence-electron chi connectivity index (χ1n) is 10.4. The van der Waals surface area contributed by atoms with E-state index in [1.54, 1.807) is 11.8 Å². The van der Waals surface area contributed by atoms with Crippen LogP contribution < -0.4 is 9.47 Å². The van der Waals surface area contributed by atoms with Crippen LogP contribution in [0.15, 0.2) is 58.5 Å². The van der Waals surface area contributed by atoms with Crippen molar-refractivity contribution in [3.63, 3.8) is 0 Å². The molecule has 0 aliphatic carbocycles. The molecule has 4 rings (SSSR count). The molecule has 2 aromatic carbocycles. The summed E-state index contributed by atoms with van der Waals surface area (Å²) in [6, 6.07) is 17.1. The number of hydrogen-bond acceptors (Lipinski definition) is 5. The second-order valence-electron chi connectivity index (χ2n) is 7.89. The summed E-state index contributed by atoms with van der Waals surface area (Å²) in [5.41, 5.74) is 5.72. The normalized spacial score (nSPS) is 15.1. The molecule has 0 bridgehead atoms. The van der Waals surface area contributed by atoms with Crippen LogP contribution >= 0.6 is 11.8 Å². The minimum absolute atomic E-state index is 0.294. The van der Waals surface area contributed by atoms with Gasteiger partial charge in [0, 0.05) is 40.8 Å². The molecule has 7 heteroatoms. The van der Waals surface area contributed by atoms with Crippen molar-refractivity contribution in [2.75, 3.05) is 17.2 Å². The maximum atomic E-state index is 11.1. The third kappa shape index (κ3) is 4.79. The number of thioether (sulfide) groups is 1. The van der Waals surface area contributed by atoms with Gasteiger partial charge in [-0.15, -0.1) is 0 Å². The van der Waals surface area contributed by atoms with Gasteiger partial charge in [-0.25, -0.2) is 8.42 Å². The van der Waals surface area contributed by atoms with Crippen LogP contribution in [0.3, 0.4) is 0 Å². The minimum Gasteiger partial charge on any atom is -0.748 e. The fourth-order valence-electron chi connectivity index (χ4n) is 4.01. The number of hydrogen-bond donors (Lipinski definition) is 0. The van der Waals surface area contributed by atoms with E-state index in [-0.39, 0.29) is 5.75 Å². The summed E-state index contributed by atoms with van der Waals surface area (Å²) in [5, 5.41) is 2.25. The molecule has 1 aliphatic heterocycles. The Morgan fingerprint density at radius 3 is 2.55 bits per heavy atom. The van der Waals surface area contributed by atoms with Crippen LogP contribution in [0.1, 0.15) is 30.2 Å². The molecule has 0 saturated carbocycles. The average molecular weight is 455 g/mol. The molecule has 5 nitrogen and oxygen atoms in total. The van der Waals surface area contributed by atoms with Gasteiger partial charge in [-0.1, -0.05) is 29.5 Å². The van der Waals surface area contributed by atoms with Crippen LogP contribution in [0, 0.1) is 13.8 Å². The van der Waals surface area contributed by atoms with Gasteiger partial charge in [0.05, 0.1) is 20.8 Å². The molecule has 1 aromatic heterocycles. The number of rotatable bonds is 6. The molecule has 2 heterocycles. The Morgan fingerprint density at radius 2 is 1.81 bits per heavy atom. The molecular weight excluding hydrogens is 428 g/mol. The van der Waals surface area contributed by atoms with E-state index in [4.69, 9.17) is 0 Å². The van der Waals surface area contributed by atoms with E-state index >= 15 is 0 Å². The van der Waals surface area contributed by atoms with Crippen molar-refractivity contribution >= 4 is 44.5 Å². The van der Waals surface area contributed by atoms with Crippen molar-refractivity contribution < 1.29 is 17.5 Å². The highest BCUT2D eigenvalue weighted by atomic mass is 32.2. The molecule has 1 aliphatic rings. The number of benzene rings is 2. The van der Waals surface area contributed by atoms with E-state index in [0.29, 0.717) is 13.0 Å². The van der Waals surface area contributed by atoms with Gasteiger partial charge < -0.3 is 9.45 Å². The lowest BCUT2D eigenvalue weighted by atomic mass is 10.1. The maximum Gasteiger partial charge on any atom is 0.212 e. The van der Waals surface area contributed by atoms with Crippen LogP contribution in [0.4, 0.5) is 5.69 Å². The Labute approximate surface area is 188 Å². The van der Waals surface area contributed by atoms with Gasteiger partial charge in [0.2, 0.25) is 11.2 Å². The first-order chi connectivity index (χ1) is 14.7. The van der Waals surface area contributed by atoms with Crippen LogP contribution in [0.5, 0.6) is 0 Å². The first kappa shape index (κ1) is 21.9. The lowest BCUT2D eigenvalue weighted by Crippen LogP contribution is -2.37. The lowest BCUT2D eigenvalue weighted by Gasteiger charge is -2.21. The Hall–Kier alpha value is -2.35. The van der Waals surface area contributed by atoms with Gasteiger partial charge in [-0.2, -0.15) is 4.57 Å². The number of aromatic nitrogens is 1. The van der Waals surface area contributed by atoms with E-state index < -0.39 is 10.1 Å². The van der Waals surface area contributed by atoms with Crippen molar-refractivity contribution in [3.8, 4) is 0 Å². The Morgan fingerprint density at radius 1 is 1.06 bits per heavy atom. The second-order valence-corrected chi connectivity index (χ2v) is 10.5. The highest BCUT2D eigenvalue weighted by Gasteiger charge is 2.26. The van der Waals surface area contributed by atoms with Gasteiger partial charge >= 0.3 is 0 Å².